The fraction of sp³-hybridized carbons (Fsp3) is 0.438. The number of carbonyl (C=O) groups is 3. The number of nitrogens with one attached hydrogen (secondary N) is 1. The number of carbonyl (C=O) groups excluding carboxylic acids is 3. The van der Waals surface area contributed by atoms with Crippen molar-refractivity contribution >= 4 is 69.2 Å². The van der Waals surface area contributed by atoms with Gasteiger partial charge in [-0.3, -0.25) is 9.59 Å². The number of benzene rings is 2. The summed E-state index contributed by atoms with van der Waals surface area (Å²) in [4.78, 5) is 54.3. The van der Waals surface area contributed by atoms with Crippen LogP contribution in [0.1, 0.15) is 26.7 Å². The van der Waals surface area contributed by atoms with E-state index in [0.717, 1.165) is 0 Å². The van der Waals surface area contributed by atoms with E-state index in [1.54, 1.807) is 49.9 Å². The highest BCUT2D eigenvalue weighted by Gasteiger charge is 2.34. The molecule has 2 saturated heterocycles. The molecule has 244 valence electrons. The minimum atomic E-state index is -0.626. The maximum atomic E-state index is 13.7. The van der Waals surface area contributed by atoms with Gasteiger partial charge in [0.25, 0.3) is 5.91 Å². The van der Waals surface area contributed by atoms with Crippen LogP contribution in [0, 0.1) is 0 Å². The number of fused-ring (bicyclic) bond motifs is 1. The molecule has 0 bridgehead atoms. The molecular formula is C32H38N6O6S2. The molecule has 2 aromatic carbocycles. The van der Waals surface area contributed by atoms with Gasteiger partial charge in [-0.05, 0) is 32.0 Å². The molecule has 0 radical (unpaired) electrons. The summed E-state index contributed by atoms with van der Waals surface area (Å²) in [5, 5.41) is 3.62. The second-order valence-corrected chi connectivity index (χ2v) is 12.5. The van der Waals surface area contributed by atoms with E-state index in [1.807, 2.05) is 40.1 Å². The highest BCUT2D eigenvalue weighted by molar-refractivity contribution is 7.99. The Labute approximate surface area is 277 Å². The second kappa shape index (κ2) is 14.9. The molecule has 2 fully saturated rings. The Morgan fingerprint density at radius 1 is 1.02 bits per heavy atom. The van der Waals surface area contributed by atoms with Crippen LogP contribution in [0.3, 0.4) is 0 Å². The molecule has 2 atom stereocenters. The van der Waals surface area contributed by atoms with E-state index in [-0.39, 0.29) is 17.6 Å². The number of methoxy groups -OCH3 is 2. The Bertz CT molecular complexity index is 1600. The van der Waals surface area contributed by atoms with Gasteiger partial charge in [0, 0.05) is 56.2 Å². The van der Waals surface area contributed by atoms with E-state index in [1.165, 1.54) is 6.92 Å². The Hall–Kier alpha value is -4.17. The average molecular weight is 667 g/mol. The first kappa shape index (κ1) is 33.2. The van der Waals surface area contributed by atoms with Crippen LogP contribution in [0.25, 0.3) is 10.9 Å². The molecule has 3 heterocycles. The van der Waals surface area contributed by atoms with Gasteiger partial charge < -0.3 is 39.0 Å². The number of piperazine rings is 1. The van der Waals surface area contributed by atoms with Crippen molar-refractivity contribution in [3.63, 3.8) is 0 Å². The normalized spacial score (nSPS) is 17.0. The zero-order valence-corrected chi connectivity index (χ0v) is 28.0. The number of para-hydroxylation sites is 1. The summed E-state index contributed by atoms with van der Waals surface area (Å²) in [6.45, 7) is 5.20. The molecule has 2 unspecified atom stereocenters. The van der Waals surface area contributed by atoms with Crippen molar-refractivity contribution in [1.82, 2.24) is 19.8 Å². The van der Waals surface area contributed by atoms with Crippen LogP contribution in [-0.4, -0.2) is 107 Å². The standard InChI is InChI=1S/C32H38N6O6S2/c1-20(39)10-11-28(45)38-19-46-18-25(38)30(40)34-29-23-16-26(42-3)27(43-4)17-24(23)33-32(35-29)37-14-12-36(13-15-37)31(41)21(2)44-22-8-6-5-7-9-22/h5-9,16-17,21,25H,10-15,18-19H2,1-4H3,(H,33,34,35,40). The number of anilines is 2. The predicted molar refractivity (Wildman–Crippen MR) is 182 cm³/mol. The van der Waals surface area contributed by atoms with Crippen LogP contribution in [-0.2, 0) is 14.4 Å². The summed E-state index contributed by atoms with van der Waals surface area (Å²) in [6, 6.07) is 12.3. The van der Waals surface area contributed by atoms with Crippen LogP contribution in [0.2, 0.25) is 0 Å². The number of thiocarbonyl (C=S) groups is 1. The Morgan fingerprint density at radius 2 is 1.72 bits per heavy atom. The van der Waals surface area contributed by atoms with E-state index in [4.69, 9.17) is 36.4 Å². The lowest BCUT2D eigenvalue weighted by Gasteiger charge is -2.36. The number of thioether (sulfide) groups is 1. The quantitative estimate of drug-likeness (QED) is 0.300. The van der Waals surface area contributed by atoms with Crippen molar-refractivity contribution in [2.45, 2.75) is 38.8 Å². The number of nitrogens with zero attached hydrogens (tertiary/aromatic N) is 5. The van der Waals surface area contributed by atoms with Crippen molar-refractivity contribution < 1.29 is 28.6 Å². The third-order valence-corrected chi connectivity index (χ3v) is 9.36. The van der Waals surface area contributed by atoms with E-state index in [0.29, 0.717) is 95.6 Å². The van der Waals surface area contributed by atoms with E-state index >= 15 is 0 Å². The molecule has 2 amide bonds. The van der Waals surface area contributed by atoms with Crippen LogP contribution >= 0.6 is 24.0 Å². The fourth-order valence-electron chi connectivity index (χ4n) is 5.35. The summed E-state index contributed by atoms with van der Waals surface area (Å²) in [5.74, 6) is 3.22. The van der Waals surface area contributed by atoms with Crippen molar-refractivity contribution in [3.8, 4) is 17.2 Å². The third-order valence-electron chi connectivity index (χ3n) is 7.91. The molecule has 0 spiro atoms. The number of amides is 2. The maximum absolute atomic E-state index is 13.7. The first-order chi connectivity index (χ1) is 22.2. The summed E-state index contributed by atoms with van der Waals surface area (Å²) in [7, 11) is 3.09. The first-order valence-electron chi connectivity index (χ1n) is 15.0. The number of hydrogen-bond donors (Lipinski definition) is 1. The minimum absolute atomic E-state index is 0.0554. The number of ether oxygens (including phenoxy) is 3. The van der Waals surface area contributed by atoms with E-state index in [9.17, 15) is 14.4 Å². The molecule has 2 aliphatic heterocycles. The summed E-state index contributed by atoms with van der Waals surface area (Å²) >= 11 is 7.21. The van der Waals surface area contributed by atoms with Gasteiger partial charge in [0.2, 0.25) is 11.9 Å². The fourth-order valence-corrected chi connectivity index (χ4v) is 6.92. The highest BCUT2D eigenvalue weighted by Crippen LogP contribution is 2.35. The van der Waals surface area contributed by atoms with Crippen molar-refractivity contribution in [1.29, 1.82) is 0 Å². The zero-order chi connectivity index (χ0) is 32.8. The first-order valence-corrected chi connectivity index (χ1v) is 16.6. The van der Waals surface area contributed by atoms with Gasteiger partial charge in [-0.1, -0.05) is 30.4 Å². The van der Waals surface area contributed by atoms with Crippen LogP contribution < -0.4 is 24.4 Å². The van der Waals surface area contributed by atoms with Gasteiger partial charge in [0.15, 0.2) is 17.6 Å². The highest BCUT2D eigenvalue weighted by atomic mass is 32.2. The van der Waals surface area contributed by atoms with E-state index < -0.39 is 12.1 Å². The largest absolute Gasteiger partial charge is 0.493 e. The number of aromatic nitrogens is 2. The SMILES string of the molecule is COc1cc2nc(N3CCN(C(=O)C(C)Oc4ccccc4)CC3)nc(NC(=O)C3CSCN3C(=S)CCC(C)=O)c2cc1OC. The molecule has 3 aromatic rings. The monoisotopic (exact) mass is 666 g/mol. The predicted octanol–water partition coefficient (Wildman–Crippen LogP) is 3.77. The third kappa shape index (κ3) is 7.61. The lowest BCUT2D eigenvalue weighted by atomic mass is 10.2. The van der Waals surface area contributed by atoms with Crippen molar-refractivity contribution in [2.24, 2.45) is 0 Å². The summed E-state index contributed by atoms with van der Waals surface area (Å²) in [6.07, 6.45) is 0.144. The molecule has 5 rings (SSSR count). The summed E-state index contributed by atoms with van der Waals surface area (Å²) in [5.41, 5.74) is 0.566. The van der Waals surface area contributed by atoms with Gasteiger partial charge >= 0.3 is 0 Å². The van der Waals surface area contributed by atoms with Gasteiger partial charge in [-0.2, -0.15) is 4.98 Å². The minimum Gasteiger partial charge on any atom is -0.493 e. The number of ketones is 1. The van der Waals surface area contributed by atoms with Crippen LogP contribution in [0.5, 0.6) is 17.2 Å². The molecule has 2 aliphatic rings. The summed E-state index contributed by atoms with van der Waals surface area (Å²) < 4.78 is 16.9. The van der Waals surface area contributed by atoms with Crippen molar-refractivity contribution in [3.05, 3.63) is 42.5 Å². The van der Waals surface area contributed by atoms with E-state index in [2.05, 4.69) is 5.32 Å². The van der Waals surface area contributed by atoms with Gasteiger partial charge in [0.05, 0.1) is 30.6 Å². The van der Waals surface area contributed by atoms with Crippen LogP contribution in [0.4, 0.5) is 11.8 Å². The molecule has 0 aliphatic carbocycles. The number of hydrogen-bond acceptors (Lipinski definition) is 11. The molecule has 1 N–H and O–H groups in total. The lowest BCUT2D eigenvalue weighted by molar-refractivity contribution is -0.138. The molecular weight excluding hydrogens is 629 g/mol. The topological polar surface area (TPSA) is 126 Å². The Morgan fingerprint density at radius 3 is 2.39 bits per heavy atom. The molecule has 0 saturated carbocycles. The molecule has 12 nitrogen and oxygen atoms in total. The molecule has 14 heteroatoms. The maximum Gasteiger partial charge on any atom is 0.263 e. The van der Waals surface area contributed by atoms with Gasteiger partial charge in [-0.25, -0.2) is 4.98 Å². The van der Waals surface area contributed by atoms with Gasteiger partial charge in [0.1, 0.15) is 23.4 Å². The Kier molecular flexibility index (Phi) is 10.8. The van der Waals surface area contributed by atoms with Crippen LogP contribution in [0.15, 0.2) is 42.5 Å². The van der Waals surface area contributed by atoms with Gasteiger partial charge in [-0.15, -0.1) is 11.8 Å². The lowest BCUT2D eigenvalue weighted by Crippen LogP contribution is -2.52. The Balaban J connectivity index is 1.35. The average Bonchev–Trinajstić information content (AvgIpc) is 3.57. The molecule has 46 heavy (non-hydrogen) atoms. The smallest absolute Gasteiger partial charge is 0.263 e. The number of rotatable bonds is 11. The number of Topliss-reactive ketones (excluding diaryl/α,β-unsaturated/α-hetero) is 1. The second-order valence-electron chi connectivity index (χ2n) is 11.1. The molecule has 1 aromatic heterocycles. The van der Waals surface area contributed by atoms with Crippen molar-refractivity contribution in [2.75, 3.05) is 62.2 Å². The zero-order valence-electron chi connectivity index (χ0n) is 26.4.